The van der Waals surface area contributed by atoms with Crippen molar-refractivity contribution in [3.05, 3.63) is 35.9 Å². The third-order valence-electron chi connectivity index (χ3n) is 11.4. The van der Waals surface area contributed by atoms with Crippen molar-refractivity contribution < 1.29 is 0 Å². The van der Waals surface area contributed by atoms with Gasteiger partial charge in [0.05, 0.1) is 0 Å². The van der Waals surface area contributed by atoms with Gasteiger partial charge < -0.3 is 19.6 Å². The van der Waals surface area contributed by atoms with E-state index >= 15 is 0 Å². The third-order valence-corrected chi connectivity index (χ3v) is 11.4. The van der Waals surface area contributed by atoms with Crippen LogP contribution in [-0.2, 0) is 0 Å². The Morgan fingerprint density at radius 3 is 1.18 bits per heavy atom. The first-order chi connectivity index (χ1) is 23.1. The van der Waals surface area contributed by atoms with Gasteiger partial charge in [-0.1, -0.05) is 120 Å². The van der Waals surface area contributed by atoms with Crippen LogP contribution >= 0.6 is 0 Å². The van der Waals surface area contributed by atoms with Gasteiger partial charge in [0.15, 0.2) is 0 Å². The zero-order chi connectivity index (χ0) is 37.5. The number of nitrogens with zero attached hydrogens (tertiary/aromatic N) is 4. The molecule has 1 aromatic carbocycles. The lowest BCUT2D eigenvalue weighted by molar-refractivity contribution is 0.144. The minimum atomic E-state index is 0.659. The fourth-order valence-corrected chi connectivity index (χ4v) is 7.82. The Labute approximate surface area is 310 Å². The molecule has 4 heterocycles. The lowest BCUT2D eigenvalue weighted by Crippen LogP contribution is -2.39. The standard InChI is InChI=1S/2C9H19N.C9H12.2C8H17N.C2H6/c1-8(2)9-5-4-6-10(3)7-9;1-8(2)9-6-4-5-7-10(9)3;1-8(2)9-6-4-3-5-7-9;1-7(2)8-4-5-9(3)6-8;1-7(2)8-5-4-6-9(8)3;1-2/h2*8-9H,4-7H2,1-3H3;3-8H,1-2H3;2*7-8H,4-6H2,1-3H3;1-2H3. The summed E-state index contributed by atoms with van der Waals surface area (Å²) >= 11 is 0. The maximum Gasteiger partial charge on any atom is 0.0116 e. The van der Waals surface area contributed by atoms with Crippen LogP contribution in [0.2, 0.25) is 0 Å². The molecule has 0 saturated carbocycles. The largest absolute Gasteiger partial charge is 0.306 e. The van der Waals surface area contributed by atoms with Gasteiger partial charge in [0.2, 0.25) is 0 Å². The van der Waals surface area contributed by atoms with Gasteiger partial charge >= 0.3 is 0 Å². The minimum absolute atomic E-state index is 0.659. The van der Waals surface area contributed by atoms with E-state index in [0.29, 0.717) is 5.92 Å². The first-order valence-corrected chi connectivity index (χ1v) is 21.0. The van der Waals surface area contributed by atoms with Crippen LogP contribution < -0.4 is 0 Å². The summed E-state index contributed by atoms with van der Waals surface area (Å²) in [6, 6.07) is 12.2. The summed E-state index contributed by atoms with van der Waals surface area (Å²) in [4.78, 5) is 9.86. The molecule has 4 fully saturated rings. The normalized spacial score (nSPS) is 25.0. The number of benzene rings is 1. The molecule has 4 heteroatoms. The highest BCUT2D eigenvalue weighted by Gasteiger charge is 2.24. The van der Waals surface area contributed by atoms with Crippen molar-refractivity contribution in [2.24, 2.45) is 35.5 Å². The molecule has 0 N–H and O–H groups in total. The van der Waals surface area contributed by atoms with Gasteiger partial charge in [-0.3, -0.25) is 0 Å². The van der Waals surface area contributed by atoms with Crippen LogP contribution in [0.5, 0.6) is 0 Å². The Hall–Kier alpha value is -0.940. The van der Waals surface area contributed by atoms with E-state index in [1.165, 1.54) is 96.2 Å². The Bertz CT molecular complexity index is 866. The number of likely N-dealkylation sites (tertiary alicyclic amines) is 4. The summed E-state index contributed by atoms with van der Waals surface area (Å²) in [7, 11) is 8.93. The van der Waals surface area contributed by atoms with Crippen LogP contribution in [0.3, 0.4) is 0 Å². The highest BCUT2D eigenvalue weighted by Crippen LogP contribution is 2.24. The summed E-state index contributed by atoms with van der Waals surface area (Å²) in [6.07, 6.45) is 11.3. The molecule has 4 saturated heterocycles. The van der Waals surface area contributed by atoms with Crippen molar-refractivity contribution in [1.82, 2.24) is 19.6 Å². The molecule has 0 amide bonds. The van der Waals surface area contributed by atoms with Crippen molar-refractivity contribution in [2.45, 2.75) is 152 Å². The zero-order valence-electron chi connectivity index (χ0n) is 36.3. The topological polar surface area (TPSA) is 13.0 Å². The molecular formula is C45H90N4. The van der Waals surface area contributed by atoms with E-state index in [1.807, 2.05) is 19.9 Å². The Morgan fingerprint density at radius 2 is 0.898 bits per heavy atom. The Morgan fingerprint density at radius 1 is 0.469 bits per heavy atom. The molecule has 290 valence electrons. The summed E-state index contributed by atoms with van der Waals surface area (Å²) in [5.74, 6) is 6.03. The Kier molecular flexibility index (Phi) is 27.1. The van der Waals surface area contributed by atoms with Gasteiger partial charge in [-0.05, 0) is 146 Å². The summed E-state index contributed by atoms with van der Waals surface area (Å²) in [5, 5.41) is 0. The molecule has 4 nitrogen and oxygen atoms in total. The van der Waals surface area contributed by atoms with Crippen LogP contribution in [0.15, 0.2) is 30.3 Å². The lowest BCUT2D eigenvalue weighted by Gasteiger charge is -2.35. The van der Waals surface area contributed by atoms with Crippen molar-refractivity contribution >= 4 is 0 Å². The van der Waals surface area contributed by atoms with Gasteiger partial charge in [0.25, 0.3) is 0 Å². The fraction of sp³-hybridized carbons (Fsp3) is 0.867. The van der Waals surface area contributed by atoms with Crippen LogP contribution in [0.4, 0.5) is 0 Å². The number of rotatable bonds is 5. The first kappa shape index (κ1) is 48.1. The monoisotopic (exact) mass is 687 g/mol. The highest BCUT2D eigenvalue weighted by molar-refractivity contribution is 5.17. The lowest BCUT2D eigenvalue weighted by atomic mass is 9.88. The maximum absolute atomic E-state index is 2.51. The maximum atomic E-state index is 2.51. The van der Waals surface area contributed by atoms with E-state index in [-0.39, 0.29) is 0 Å². The second-order valence-electron chi connectivity index (χ2n) is 17.3. The van der Waals surface area contributed by atoms with Crippen LogP contribution in [0, 0.1) is 35.5 Å². The van der Waals surface area contributed by atoms with Crippen LogP contribution in [0.1, 0.15) is 146 Å². The van der Waals surface area contributed by atoms with E-state index in [4.69, 9.17) is 0 Å². The second-order valence-corrected chi connectivity index (χ2v) is 17.3. The summed E-state index contributed by atoms with van der Waals surface area (Å²) in [6.45, 7) is 34.9. The van der Waals surface area contributed by atoms with Crippen molar-refractivity contribution in [3.63, 3.8) is 0 Å². The minimum Gasteiger partial charge on any atom is -0.306 e. The highest BCUT2D eigenvalue weighted by atomic mass is 15.1. The quantitative estimate of drug-likeness (QED) is 0.306. The van der Waals surface area contributed by atoms with E-state index in [1.54, 1.807) is 0 Å². The molecule has 0 radical (unpaired) electrons. The average Bonchev–Trinajstić information content (AvgIpc) is 3.72. The summed E-state index contributed by atoms with van der Waals surface area (Å²) < 4.78 is 0. The Balaban J connectivity index is 0.000000580. The van der Waals surface area contributed by atoms with Gasteiger partial charge in [0.1, 0.15) is 0 Å². The predicted molar refractivity (Wildman–Crippen MR) is 223 cm³/mol. The molecule has 4 unspecified atom stereocenters. The molecular weight excluding hydrogens is 597 g/mol. The molecule has 4 atom stereocenters. The van der Waals surface area contributed by atoms with Gasteiger partial charge in [-0.2, -0.15) is 0 Å². The SMILES string of the molecule is CC.CC(C)C1CCCCN1C.CC(C)C1CCCN(C)C1.CC(C)C1CCCN1C.CC(C)C1CCN(C)C1.CC(C)c1ccccc1. The van der Waals surface area contributed by atoms with Crippen LogP contribution in [-0.4, -0.2) is 99.1 Å². The van der Waals surface area contributed by atoms with E-state index in [9.17, 15) is 0 Å². The molecule has 4 aliphatic rings. The zero-order valence-corrected chi connectivity index (χ0v) is 36.3. The number of hydrogen-bond donors (Lipinski definition) is 0. The third kappa shape index (κ3) is 21.2. The predicted octanol–water partition coefficient (Wildman–Crippen LogP) is 11.3. The molecule has 0 spiro atoms. The van der Waals surface area contributed by atoms with E-state index in [0.717, 1.165) is 47.6 Å². The smallest absolute Gasteiger partial charge is 0.0116 e. The molecule has 0 aromatic heterocycles. The van der Waals surface area contributed by atoms with E-state index in [2.05, 4.69) is 141 Å². The van der Waals surface area contributed by atoms with Crippen molar-refractivity contribution in [1.29, 1.82) is 0 Å². The molecule has 4 aliphatic heterocycles. The van der Waals surface area contributed by atoms with E-state index < -0.39 is 0 Å². The molecule has 49 heavy (non-hydrogen) atoms. The van der Waals surface area contributed by atoms with Gasteiger partial charge in [0, 0.05) is 25.2 Å². The molecule has 5 rings (SSSR count). The number of piperidine rings is 2. The van der Waals surface area contributed by atoms with Crippen LogP contribution in [0.25, 0.3) is 0 Å². The molecule has 1 aromatic rings. The van der Waals surface area contributed by atoms with Crippen molar-refractivity contribution in [3.8, 4) is 0 Å². The van der Waals surface area contributed by atoms with Crippen molar-refractivity contribution in [2.75, 3.05) is 67.5 Å². The summed E-state index contributed by atoms with van der Waals surface area (Å²) in [5.41, 5.74) is 1.41. The number of hydrogen-bond acceptors (Lipinski definition) is 4. The van der Waals surface area contributed by atoms with Gasteiger partial charge in [-0.15, -0.1) is 0 Å². The fourth-order valence-electron chi connectivity index (χ4n) is 7.82. The van der Waals surface area contributed by atoms with Gasteiger partial charge in [-0.25, -0.2) is 0 Å². The molecule has 0 bridgehead atoms. The average molecular weight is 687 g/mol. The molecule has 0 aliphatic carbocycles. The second kappa shape index (κ2) is 27.7. The first-order valence-electron chi connectivity index (χ1n) is 21.0.